The Labute approximate surface area is 129 Å². The van der Waals surface area contributed by atoms with Crippen molar-refractivity contribution in [2.45, 2.75) is 26.4 Å². The summed E-state index contributed by atoms with van der Waals surface area (Å²) in [7, 11) is 1.79. The molecule has 1 N–H and O–H groups in total. The number of nitrogens with zero attached hydrogens (tertiary/aromatic N) is 2. The van der Waals surface area contributed by atoms with E-state index in [0.29, 0.717) is 29.1 Å². The molecule has 112 valence electrons. The highest BCUT2D eigenvalue weighted by Gasteiger charge is 2.12. The fraction of sp³-hybridized carbons (Fsp3) is 0.312. The van der Waals surface area contributed by atoms with Crippen LogP contribution in [-0.2, 0) is 6.54 Å². The molecule has 0 fully saturated rings. The average molecular weight is 308 g/mol. The number of nitrogens with one attached hydrogen (secondary N) is 1. The van der Waals surface area contributed by atoms with Gasteiger partial charge in [-0.15, -0.1) is 0 Å². The molecule has 0 amide bonds. The monoisotopic (exact) mass is 307 g/mol. The van der Waals surface area contributed by atoms with Crippen molar-refractivity contribution in [2.24, 2.45) is 0 Å². The van der Waals surface area contributed by atoms with Crippen LogP contribution in [0.1, 0.15) is 19.4 Å². The van der Waals surface area contributed by atoms with Gasteiger partial charge in [0.1, 0.15) is 11.6 Å². The summed E-state index contributed by atoms with van der Waals surface area (Å²) in [5.41, 5.74) is 1.42. The zero-order chi connectivity index (χ0) is 15.4. The van der Waals surface area contributed by atoms with Crippen LogP contribution in [0.4, 0.5) is 15.9 Å². The molecular weight excluding hydrogens is 289 g/mol. The Balaban J connectivity index is 2.28. The number of halogens is 2. The summed E-state index contributed by atoms with van der Waals surface area (Å²) in [5.74, 6) is 0.378. The molecule has 1 aromatic heterocycles. The van der Waals surface area contributed by atoms with Gasteiger partial charge in [-0.25, -0.2) is 9.37 Å². The van der Waals surface area contributed by atoms with E-state index in [2.05, 4.69) is 24.1 Å². The second-order valence-corrected chi connectivity index (χ2v) is 5.59. The number of para-hydroxylation sites is 1. The van der Waals surface area contributed by atoms with E-state index >= 15 is 0 Å². The highest BCUT2D eigenvalue weighted by molar-refractivity contribution is 6.31. The smallest absolute Gasteiger partial charge is 0.146 e. The Morgan fingerprint density at radius 3 is 2.71 bits per heavy atom. The van der Waals surface area contributed by atoms with Gasteiger partial charge in [0.05, 0.1) is 10.7 Å². The quantitative estimate of drug-likeness (QED) is 0.900. The Bertz CT molecular complexity index is 616. The highest BCUT2D eigenvalue weighted by atomic mass is 35.5. The van der Waals surface area contributed by atoms with E-state index < -0.39 is 0 Å². The topological polar surface area (TPSA) is 28.2 Å². The van der Waals surface area contributed by atoms with Gasteiger partial charge < -0.3 is 10.2 Å². The molecule has 0 aliphatic rings. The summed E-state index contributed by atoms with van der Waals surface area (Å²) in [6, 6.07) is 8.86. The average Bonchev–Trinajstić information content (AvgIpc) is 2.46. The summed E-state index contributed by atoms with van der Waals surface area (Å²) in [6.45, 7) is 4.79. The molecule has 2 rings (SSSR count). The Morgan fingerprint density at radius 1 is 1.33 bits per heavy atom. The zero-order valence-corrected chi connectivity index (χ0v) is 13.2. The van der Waals surface area contributed by atoms with Crippen molar-refractivity contribution in [1.29, 1.82) is 0 Å². The normalized spacial score (nSPS) is 11.0. The predicted octanol–water partition coefficient (Wildman–Crippen LogP) is 4.14. The van der Waals surface area contributed by atoms with Crippen LogP contribution in [0.25, 0.3) is 0 Å². The minimum atomic E-state index is -0.279. The van der Waals surface area contributed by atoms with Gasteiger partial charge in [0.15, 0.2) is 0 Å². The minimum Gasteiger partial charge on any atom is -0.327 e. The molecule has 1 aromatic carbocycles. The molecule has 0 bridgehead atoms. The third kappa shape index (κ3) is 3.93. The van der Waals surface area contributed by atoms with Gasteiger partial charge in [0.25, 0.3) is 0 Å². The predicted molar refractivity (Wildman–Crippen MR) is 85.7 cm³/mol. The number of anilines is 2. The SMILES string of the molecule is CC(C)NCc1cc(N(C)c2ccccc2F)ncc1Cl. The van der Waals surface area contributed by atoms with Gasteiger partial charge in [0.2, 0.25) is 0 Å². The van der Waals surface area contributed by atoms with E-state index in [-0.39, 0.29) is 5.82 Å². The van der Waals surface area contributed by atoms with E-state index in [4.69, 9.17) is 11.6 Å². The van der Waals surface area contributed by atoms with Crippen molar-refractivity contribution in [1.82, 2.24) is 10.3 Å². The largest absolute Gasteiger partial charge is 0.327 e. The Hall–Kier alpha value is -1.65. The number of hydrogen-bond donors (Lipinski definition) is 1. The van der Waals surface area contributed by atoms with Crippen LogP contribution in [-0.4, -0.2) is 18.1 Å². The van der Waals surface area contributed by atoms with E-state index in [0.717, 1.165) is 5.56 Å². The fourth-order valence-electron chi connectivity index (χ4n) is 1.95. The lowest BCUT2D eigenvalue weighted by Gasteiger charge is -2.20. The standard InChI is InChI=1S/C16H19ClFN3/c1-11(2)19-9-12-8-16(20-10-13(12)17)21(3)15-7-5-4-6-14(15)18/h4-8,10-11,19H,9H2,1-3H3. The van der Waals surface area contributed by atoms with Crippen molar-refractivity contribution in [2.75, 3.05) is 11.9 Å². The molecule has 1 heterocycles. The van der Waals surface area contributed by atoms with Crippen molar-refractivity contribution < 1.29 is 4.39 Å². The lowest BCUT2D eigenvalue weighted by molar-refractivity contribution is 0.588. The molecule has 0 spiro atoms. The second-order valence-electron chi connectivity index (χ2n) is 5.18. The van der Waals surface area contributed by atoms with Crippen LogP contribution >= 0.6 is 11.6 Å². The van der Waals surface area contributed by atoms with E-state index in [9.17, 15) is 4.39 Å². The molecule has 0 saturated carbocycles. The first-order chi connectivity index (χ1) is 9.99. The van der Waals surface area contributed by atoms with Gasteiger partial charge >= 0.3 is 0 Å². The zero-order valence-electron chi connectivity index (χ0n) is 12.4. The summed E-state index contributed by atoms with van der Waals surface area (Å²) < 4.78 is 13.9. The lowest BCUT2D eigenvalue weighted by atomic mass is 10.2. The minimum absolute atomic E-state index is 0.279. The molecule has 0 unspecified atom stereocenters. The van der Waals surface area contributed by atoms with Crippen LogP contribution in [0.3, 0.4) is 0 Å². The number of hydrogen-bond acceptors (Lipinski definition) is 3. The summed E-state index contributed by atoms with van der Waals surface area (Å²) in [6.07, 6.45) is 1.60. The van der Waals surface area contributed by atoms with Gasteiger partial charge in [0, 0.05) is 25.8 Å². The van der Waals surface area contributed by atoms with E-state index in [1.165, 1.54) is 6.07 Å². The number of aromatic nitrogens is 1. The van der Waals surface area contributed by atoms with Crippen molar-refractivity contribution in [3.63, 3.8) is 0 Å². The summed E-state index contributed by atoms with van der Waals surface area (Å²) in [4.78, 5) is 6.00. The van der Waals surface area contributed by atoms with Gasteiger partial charge in [-0.1, -0.05) is 37.6 Å². The Morgan fingerprint density at radius 2 is 2.05 bits per heavy atom. The molecule has 0 aliphatic heterocycles. The molecule has 0 radical (unpaired) electrons. The molecule has 5 heteroatoms. The first-order valence-corrected chi connectivity index (χ1v) is 7.23. The molecule has 3 nitrogen and oxygen atoms in total. The van der Waals surface area contributed by atoms with Crippen LogP contribution in [0.5, 0.6) is 0 Å². The first kappa shape index (κ1) is 15.7. The maximum atomic E-state index is 13.9. The lowest BCUT2D eigenvalue weighted by Crippen LogP contribution is -2.22. The van der Waals surface area contributed by atoms with Crippen molar-refractivity contribution in [3.05, 3.63) is 52.9 Å². The number of rotatable bonds is 5. The van der Waals surface area contributed by atoms with Crippen LogP contribution in [0.2, 0.25) is 5.02 Å². The van der Waals surface area contributed by atoms with Crippen molar-refractivity contribution >= 4 is 23.1 Å². The second kappa shape index (κ2) is 6.87. The third-order valence-electron chi connectivity index (χ3n) is 3.18. The molecule has 0 aliphatic carbocycles. The third-order valence-corrected chi connectivity index (χ3v) is 3.52. The van der Waals surface area contributed by atoms with Gasteiger partial charge in [-0.2, -0.15) is 0 Å². The van der Waals surface area contributed by atoms with Crippen LogP contribution in [0, 0.1) is 5.82 Å². The van der Waals surface area contributed by atoms with Crippen molar-refractivity contribution in [3.8, 4) is 0 Å². The molecular formula is C16H19ClFN3. The Kier molecular flexibility index (Phi) is 5.15. The van der Waals surface area contributed by atoms with E-state index in [1.54, 1.807) is 36.3 Å². The highest BCUT2D eigenvalue weighted by Crippen LogP contribution is 2.27. The summed E-state index contributed by atoms with van der Waals surface area (Å²) >= 11 is 6.17. The van der Waals surface area contributed by atoms with Gasteiger partial charge in [-0.3, -0.25) is 0 Å². The van der Waals surface area contributed by atoms with Crippen LogP contribution in [0.15, 0.2) is 36.5 Å². The number of benzene rings is 1. The molecule has 2 aromatic rings. The molecule has 21 heavy (non-hydrogen) atoms. The number of pyridine rings is 1. The van der Waals surface area contributed by atoms with E-state index in [1.807, 2.05) is 6.07 Å². The maximum Gasteiger partial charge on any atom is 0.146 e. The molecule has 0 saturated heterocycles. The maximum absolute atomic E-state index is 13.9. The fourth-order valence-corrected chi connectivity index (χ4v) is 2.12. The first-order valence-electron chi connectivity index (χ1n) is 6.85. The van der Waals surface area contributed by atoms with Gasteiger partial charge in [-0.05, 0) is 23.8 Å². The summed E-state index contributed by atoms with van der Waals surface area (Å²) in [5, 5.41) is 3.92. The molecule has 0 atom stereocenters. The van der Waals surface area contributed by atoms with Crippen LogP contribution < -0.4 is 10.2 Å².